The van der Waals surface area contributed by atoms with Gasteiger partial charge in [0.1, 0.15) is 22.2 Å². The van der Waals surface area contributed by atoms with Crippen molar-refractivity contribution in [3.63, 3.8) is 0 Å². The number of amides is 2. The summed E-state index contributed by atoms with van der Waals surface area (Å²) in [6, 6.07) is 18.5. The van der Waals surface area contributed by atoms with Gasteiger partial charge in [-0.05, 0) is 35.9 Å². The maximum absolute atomic E-state index is 13.2. The number of furan rings is 1. The van der Waals surface area contributed by atoms with Crippen LogP contribution in [0.25, 0.3) is 21.9 Å². The van der Waals surface area contributed by atoms with Gasteiger partial charge in [0.15, 0.2) is 0 Å². The molecule has 0 saturated carbocycles. The molecule has 3 aromatic carbocycles. The number of para-hydroxylation sites is 1. The number of carbonyl (C=O) groups is 2. The fraction of sp³-hybridized carbons (Fsp3) is 0.160. The maximum atomic E-state index is 13.2. The van der Waals surface area contributed by atoms with Gasteiger partial charge in [-0.3, -0.25) is 13.8 Å². The van der Waals surface area contributed by atoms with Crippen molar-refractivity contribution in [2.24, 2.45) is 5.73 Å². The average molecular weight is 490 g/mol. The Morgan fingerprint density at radius 3 is 2.71 bits per heavy atom. The molecule has 1 atom stereocenters. The molecule has 2 heterocycles. The Hall–Kier alpha value is -4.20. The van der Waals surface area contributed by atoms with Gasteiger partial charge in [0.05, 0.1) is 23.6 Å². The number of carbonyl (C=O) groups excluding carboxylic acids is 2. The molecule has 9 nitrogen and oxygen atoms in total. The lowest BCUT2D eigenvalue weighted by molar-refractivity contribution is -0.128. The number of primary amides is 1. The fourth-order valence-electron chi connectivity index (χ4n) is 4.39. The molecule has 0 spiro atoms. The normalized spacial score (nSPS) is 16.1. The second-order valence-corrected chi connectivity index (χ2v) is 9.78. The number of benzene rings is 3. The smallest absolute Gasteiger partial charge is 0.298 e. The molecule has 1 unspecified atom stereocenters. The van der Waals surface area contributed by atoms with E-state index >= 15 is 0 Å². The van der Waals surface area contributed by atoms with E-state index in [1.807, 2.05) is 6.07 Å². The van der Waals surface area contributed by atoms with Gasteiger partial charge in [0.2, 0.25) is 5.91 Å². The quantitative estimate of drug-likeness (QED) is 0.410. The van der Waals surface area contributed by atoms with Gasteiger partial charge in [-0.1, -0.05) is 30.3 Å². The molecule has 1 aliphatic rings. The van der Waals surface area contributed by atoms with Crippen LogP contribution in [-0.2, 0) is 25.6 Å². The molecule has 2 N–H and O–H groups in total. The van der Waals surface area contributed by atoms with Crippen molar-refractivity contribution in [1.29, 1.82) is 5.26 Å². The molecular formula is C25H19N3O6S. The molecule has 1 saturated heterocycles. The van der Waals surface area contributed by atoms with Crippen molar-refractivity contribution in [3.8, 4) is 6.07 Å². The van der Waals surface area contributed by atoms with Gasteiger partial charge in [0.25, 0.3) is 16.0 Å². The fourth-order valence-corrected chi connectivity index (χ4v) is 5.67. The molecule has 10 heteroatoms. The van der Waals surface area contributed by atoms with E-state index in [2.05, 4.69) is 0 Å². The van der Waals surface area contributed by atoms with Crippen molar-refractivity contribution < 1.29 is 26.6 Å². The molecule has 0 bridgehead atoms. The standard InChI is InChI=1S/C25H19N3O6S/c26-12-15-4-3-5-16(10-15)13-28-14-17(11-22(28)29)34-35(31,32)21-9-8-20-23(24(21)25(27)30)18-6-1-2-7-19(18)33-20/h1-10,17H,11,13-14H2,(H2,27,30). The summed E-state index contributed by atoms with van der Waals surface area (Å²) < 4.78 is 37.6. The molecule has 0 radical (unpaired) electrons. The van der Waals surface area contributed by atoms with E-state index in [-0.39, 0.29) is 35.9 Å². The highest BCUT2D eigenvalue weighted by atomic mass is 32.2. The first kappa shape index (κ1) is 22.6. The van der Waals surface area contributed by atoms with Gasteiger partial charge in [-0.2, -0.15) is 13.7 Å². The minimum absolute atomic E-state index is 0.0393. The Balaban J connectivity index is 1.44. The van der Waals surface area contributed by atoms with Gasteiger partial charge in [0, 0.05) is 23.9 Å². The van der Waals surface area contributed by atoms with Crippen LogP contribution in [0, 0.1) is 11.3 Å². The first-order valence-corrected chi connectivity index (χ1v) is 12.1. The second kappa shape index (κ2) is 8.54. The number of nitriles is 1. The minimum Gasteiger partial charge on any atom is -0.456 e. The third-order valence-electron chi connectivity index (χ3n) is 5.89. The van der Waals surface area contributed by atoms with Crippen LogP contribution in [0.15, 0.2) is 70.0 Å². The molecule has 1 fully saturated rings. The zero-order valence-corrected chi connectivity index (χ0v) is 19.1. The third-order valence-corrected chi connectivity index (χ3v) is 7.30. The van der Waals surface area contributed by atoms with Crippen LogP contribution in [0.4, 0.5) is 0 Å². The third kappa shape index (κ3) is 4.12. The summed E-state index contributed by atoms with van der Waals surface area (Å²) in [7, 11) is -4.45. The Labute approximate surface area is 200 Å². The van der Waals surface area contributed by atoms with Gasteiger partial charge >= 0.3 is 0 Å². The van der Waals surface area contributed by atoms with E-state index in [9.17, 15) is 18.0 Å². The van der Waals surface area contributed by atoms with E-state index in [1.54, 1.807) is 48.5 Å². The van der Waals surface area contributed by atoms with Crippen molar-refractivity contribution in [2.75, 3.05) is 6.54 Å². The largest absolute Gasteiger partial charge is 0.456 e. The first-order valence-electron chi connectivity index (χ1n) is 10.7. The van der Waals surface area contributed by atoms with Crippen molar-refractivity contribution in [2.45, 2.75) is 24.0 Å². The van der Waals surface area contributed by atoms with Crippen LogP contribution >= 0.6 is 0 Å². The molecule has 176 valence electrons. The summed E-state index contributed by atoms with van der Waals surface area (Å²) >= 11 is 0. The van der Waals surface area contributed by atoms with Crippen molar-refractivity contribution >= 4 is 43.9 Å². The molecule has 1 aliphatic heterocycles. The van der Waals surface area contributed by atoms with Gasteiger partial charge < -0.3 is 15.1 Å². The molecule has 1 aromatic heterocycles. The zero-order chi connectivity index (χ0) is 24.7. The van der Waals surface area contributed by atoms with Crippen LogP contribution in [0.3, 0.4) is 0 Å². The van der Waals surface area contributed by atoms with Crippen molar-refractivity contribution in [1.82, 2.24) is 4.90 Å². The maximum Gasteiger partial charge on any atom is 0.298 e. The number of fused-ring (bicyclic) bond motifs is 3. The first-order chi connectivity index (χ1) is 16.8. The van der Waals surface area contributed by atoms with Crippen LogP contribution in [0.1, 0.15) is 27.9 Å². The van der Waals surface area contributed by atoms with Crippen LogP contribution in [0.2, 0.25) is 0 Å². The highest BCUT2D eigenvalue weighted by Crippen LogP contribution is 2.35. The molecule has 5 rings (SSSR count). The number of rotatable bonds is 6. The summed E-state index contributed by atoms with van der Waals surface area (Å²) in [6.45, 7) is 0.255. The van der Waals surface area contributed by atoms with E-state index in [4.69, 9.17) is 19.6 Å². The molecule has 0 aliphatic carbocycles. The second-order valence-electron chi connectivity index (χ2n) is 8.24. The lowest BCUT2D eigenvalue weighted by Crippen LogP contribution is -2.27. The minimum atomic E-state index is -4.45. The van der Waals surface area contributed by atoms with E-state index in [0.29, 0.717) is 27.5 Å². The molecular weight excluding hydrogens is 470 g/mol. The van der Waals surface area contributed by atoms with Crippen LogP contribution < -0.4 is 5.73 Å². The topological polar surface area (TPSA) is 144 Å². The average Bonchev–Trinajstić information content (AvgIpc) is 3.37. The predicted molar refractivity (Wildman–Crippen MR) is 125 cm³/mol. The Morgan fingerprint density at radius 2 is 1.94 bits per heavy atom. The SMILES string of the molecule is N#Cc1cccc(CN2CC(OS(=O)(=O)c3ccc4oc5ccccc5c4c3C(N)=O)CC2=O)c1. The van der Waals surface area contributed by atoms with E-state index in [1.165, 1.54) is 17.0 Å². The summed E-state index contributed by atoms with van der Waals surface area (Å²) in [4.78, 5) is 26.0. The van der Waals surface area contributed by atoms with Crippen LogP contribution in [0.5, 0.6) is 0 Å². The number of hydrogen-bond acceptors (Lipinski definition) is 7. The highest BCUT2D eigenvalue weighted by Gasteiger charge is 2.36. The van der Waals surface area contributed by atoms with E-state index in [0.717, 1.165) is 5.56 Å². The lowest BCUT2D eigenvalue weighted by Gasteiger charge is -2.17. The molecule has 35 heavy (non-hydrogen) atoms. The van der Waals surface area contributed by atoms with Gasteiger partial charge in [-0.15, -0.1) is 0 Å². The summed E-state index contributed by atoms with van der Waals surface area (Å²) in [5.41, 5.74) is 7.40. The zero-order valence-electron chi connectivity index (χ0n) is 18.3. The summed E-state index contributed by atoms with van der Waals surface area (Å²) in [5, 5.41) is 9.91. The monoisotopic (exact) mass is 489 g/mol. The number of nitrogens with two attached hydrogens (primary N) is 1. The highest BCUT2D eigenvalue weighted by molar-refractivity contribution is 7.86. The Bertz CT molecular complexity index is 1650. The summed E-state index contributed by atoms with van der Waals surface area (Å²) in [6.07, 6.45) is -1.08. The number of nitrogens with zero attached hydrogens (tertiary/aromatic N) is 2. The molecule has 2 amide bonds. The van der Waals surface area contributed by atoms with E-state index < -0.39 is 22.1 Å². The number of hydrogen-bond donors (Lipinski definition) is 1. The Morgan fingerprint density at radius 1 is 1.14 bits per heavy atom. The lowest BCUT2D eigenvalue weighted by atomic mass is 10.1. The molecule has 4 aromatic rings. The predicted octanol–water partition coefficient (Wildman–Crippen LogP) is 3.06. The Kier molecular flexibility index (Phi) is 5.51. The summed E-state index contributed by atoms with van der Waals surface area (Å²) in [5.74, 6) is -1.22. The van der Waals surface area contributed by atoms with Gasteiger partial charge in [-0.25, -0.2) is 0 Å². The number of likely N-dealkylation sites (tertiary alicyclic amines) is 1. The van der Waals surface area contributed by atoms with Crippen LogP contribution in [-0.4, -0.2) is 37.8 Å². The van der Waals surface area contributed by atoms with Crippen molar-refractivity contribution in [3.05, 3.63) is 77.4 Å².